The molecule has 0 aromatic carbocycles. The van der Waals surface area contributed by atoms with E-state index in [9.17, 15) is 0 Å². The Kier molecular flexibility index (Phi) is 4.65. The Labute approximate surface area is 146 Å². The van der Waals surface area contributed by atoms with Crippen molar-refractivity contribution in [3.8, 4) is 0 Å². The van der Waals surface area contributed by atoms with E-state index in [-0.39, 0.29) is 0 Å². The predicted octanol–water partition coefficient (Wildman–Crippen LogP) is 2.72. The van der Waals surface area contributed by atoms with E-state index in [1.54, 1.807) is 18.6 Å². The van der Waals surface area contributed by atoms with Gasteiger partial charge in [0.05, 0.1) is 12.7 Å². The predicted molar refractivity (Wildman–Crippen MR) is 95.4 cm³/mol. The van der Waals surface area contributed by atoms with Crippen molar-refractivity contribution in [2.45, 2.75) is 25.3 Å². The molecule has 7 nitrogen and oxygen atoms in total. The quantitative estimate of drug-likeness (QED) is 0.746. The van der Waals surface area contributed by atoms with Crippen molar-refractivity contribution < 1.29 is 0 Å². The summed E-state index contributed by atoms with van der Waals surface area (Å²) in [5.41, 5.74) is 1.33. The highest BCUT2D eigenvalue weighted by atomic mass is 15.1. The number of imidazole rings is 1. The fourth-order valence-electron chi connectivity index (χ4n) is 3.28. The van der Waals surface area contributed by atoms with Crippen molar-refractivity contribution in [2.75, 3.05) is 18.4 Å². The van der Waals surface area contributed by atoms with Crippen molar-refractivity contribution in [1.29, 1.82) is 0 Å². The van der Waals surface area contributed by atoms with E-state index < -0.39 is 0 Å². The molecule has 0 aliphatic carbocycles. The lowest BCUT2D eigenvalue weighted by atomic mass is 9.90. The number of nitrogens with zero attached hydrogens (tertiary/aromatic N) is 5. The number of H-pyrrole nitrogens is 1. The number of aromatic amines is 1. The first-order valence-electron chi connectivity index (χ1n) is 8.56. The summed E-state index contributed by atoms with van der Waals surface area (Å²) >= 11 is 0. The van der Waals surface area contributed by atoms with Crippen molar-refractivity contribution in [3.05, 3.63) is 60.7 Å². The van der Waals surface area contributed by atoms with Gasteiger partial charge in [-0.3, -0.25) is 9.88 Å². The van der Waals surface area contributed by atoms with Crippen molar-refractivity contribution in [3.63, 3.8) is 0 Å². The minimum atomic E-state index is 0.568. The van der Waals surface area contributed by atoms with Crippen LogP contribution in [-0.2, 0) is 6.54 Å². The molecule has 128 valence electrons. The molecule has 0 spiro atoms. The second kappa shape index (κ2) is 7.40. The van der Waals surface area contributed by atoms with Crippen LogP contribution in [-0.4, -0.2) is 42.9 Å². The van der Waals surface area contributed by atoms with Gasteiger partial charge in [0, 0.05) is 31.0 Å². The number of hydrogen-bond acceptors (Lipinski definition) is 6. The molecule has 25 heavy (non-hydrogen) atoms. The summed E-state index contributed by atoms with van der Waals surface area (Å²) in [6.45, 7) is 3.07. The Balaban J connectivity index is 1.37. The van der Waals surface area contributed by atoms with Gasteiger partial charge in [0.15, 0.2) is 0 Å². The maximum Gasteiger partial charge on any atom is 0.150 e. The molecular weight excluding hydrogens is 314 g/mol. The fraction of sp³-hybridized carbons (Fsp3) is 0.333. The van der Waals surface area contributed by atoms with Gasteiger partial charge in [0.25, 0.3) is 0 Å². The standard InChI is InChI=1S/C18H21N7/c1-4-20-16(24-17-12-19-5-6-21-17)11-15(1)14-2-9-25(10-3-14)13-18-22-7-8-23-18/h1,4-8,11-12,14H,2-3,9-10,13H2,(H,22,23)(H,20,21,24). The van der Waals surface area contributed by atoms with Gasteiger partial charge in [-0.25, -0.2) is 15.0 Å². The molecule has 1 saturated heterocycles. The molecule has 1 aliphatic heterocycles. The van der Waals surface area contributed by atoms with Crippen LogP contribution < -0.4 is 5.32 Å². The second-order valence-corrected chi connectivity index (χ2v) is 6.28. The van der Waals surface area contributed by atoms with Crippen LogP contribution in [0, 0.1) is 0 Å². The molecule has 1 fully saturated rings. The lowest BCUT2D eigenvalue weighted by Gasteiger charge is -2.31. The summed E-state index contributed by atoms with van der Waals surface area (Å²) < 4.78 is 0. The molecule has 2 N–H and O–H groups in total. The van der Waals surface area contributed by atoms with Gasteiger partial charge in [-0.2, -0.15) is 0 Å². The monoisotopic (exact) mass is 335 g/mol. The zero-order chi connectivity index (χ0) is 16.9. The fourth-order valence-corrected chi connectivity index (χ4v) is 3.28. The van der Waals surface area contributed by atoms with Crippen LogP contribution in [0.1, 0.15) is 30.1 Å². The Morgan fingerprint density at radius 1 is 1.04 bits per heavy atom. The SMILES string of the molecule is c1cnc(Nc2cc(C3CCN(Cc4ncc[nH]4)CC3)ccn2)cn1. The summed E-state index contributed by atoms with van der Waals surface area (Å²) in [6, 6.07) is 4.25. The number of nitrogens with one attached hydrogen (secondary N) is 2. The Hall–Kier alpha value is -2.80. The van der Waals surface area contributed by atoms with E-state index >= 15 is 0 Å². The summed E-state index contributed by atoms with van der Waals surface area (Å²) in [5, 5.41) is 3.21. The van der Waals surface area contributed by atoms with Gasteiger partial charge in [0.2, 0.25) is 0 Å². The van der Waals surface area contributed by atoms with Crippen LogP contribution >= 0.6 is 0 Å². The van der Waals surface area contributed by atoms with E-state index in [1.165, 1.54) is 5.56 Å². The summed E-state index contributed by atoms with van der Waals surface area (Å²) in [5.74, 6) is 3.13. The molecule has 4 heterocycles. The Morgan fingerprint density at radius 3 is 2.68 bits per heavy atom. The molecule has 4 rings (SSSR count). The molecule has 0 atom stereocenters. The molecule has 0 unspecified atom stereocenters. The average molecular weight is 335 g/mol. The van der Waals surface area contributed by atoms with Crippen LogP contribution in [0.5, 0.6) is 0 Å². The third-order valence-corrected chi connectivity index (χ3v) is 4.59. The normalized spacial score (nSPS) is 16.0. The van der Waals surface area contributed by atoms with Gasteiger partial charge in [0.1, 0.15) is 17.5 Å². The third-order valence-electron chi connectivity index (χ3n) is 4.59. The van der Waals surface area contributed by atoms with Gasteiger partial charge in [-0.15, -0.1) is 0 Å². The van der Waals surface area contributed by atoms with Gasteiger partial charge in [-0.05, 0) is 49.5 Å². The van der Waals surface area contributed by atoms with Crippen LogP contribution in [0.25, 0.3) is 0 Å². The minimum Gasteiger partial charge on any atom is -0.348 e. The highest BCUT2D eigenvalue weighted by Crippen LogP contribution is 2.29. The van der Waals surface area contributed by atoms with Crippen molar-refractivity contribution >= 4 is 11.6 Å². The maximum absolute atomic E-state index is 4.39. The molecule has 1 aliphatic rings. The molecule has 3 aromatic heterocycles. The van der Waals surface area contributed by atoms with E-state index in [1.807, 2.05) is 18.6 Å². The Bertz CT molecular complexity index is 780. The van der Waals surface area contributed by atoms with E-state index in [2.05, 4.69) is 47.3 Å². The number of hydrogen-bond donors (Lipinski definition) is 2. The Morgan fingerprint density at radius 2 is 1.92 bits per heavy atom. The molecule has 0 bridgehead atoms. The van der Waals surface area contributed by atoms with Crippen molar-refractivity contribution in [1.82, 2.24) is 29.8 Å². The van der Waals surface area contributed by atoms with Crippen LogP contribution in [0.3, 0.4) is 0 Å². The third kappa shape index (κ3) is 4.00. The second-order valence-electron chi connectivity index (χ2n) is 6.28. The van der Waals surface area contributed by atoms with Crippen molar-refractivity contribution in [2.24, 2.45) is 0 Å². The van der Waals surface area contributed by atoms with Gasteiger partial charge in [-0.1, -0.05) is 0 Å². The van der Waals surface area contributed by atoms with E-state index in [0.29, 0.717) is 11.7 Å². The van der Waals surface area contributed by atoms with Crippen LogP contribution in [0.15, 0.2) is 49.3 Å². The molecule has 0 amide bonds. The lowest BCUT2D eigenvalue weighted by Crippen LogP contribution is -2.32. The number of anilines is 2. The summed E-state index contributed by atoms with van der Waals surface area (Å²) in [7, 11) is 0. The topological polar surface area (TPSA) is 82.6 Å². The molecule has 0 saturated carbocycles. The lowest BCUT2D eigenvalue weighted by molar-refractivity contribution is 0.200. The number of rotatable bonds is 5. The maximum atomic E-state index is 4.39. The molecule has 0 radical (unpaired) electrons. The molecule has 7 heteroatoms. The van der Waals surface area contributed by atoms with E-state index in [4.69, 9.17) is 0 Å². The smallest absolute Gasteiger partial charge is 0.150 e. The first kappa shape index (κ1) is 15.7. The summed E-state index contributed by atoms with van der Waals surface area (Å²) in [6.07, 6.45) is 12.9. The number of pyridine rings is 1. The number of piperidine rings is 1. The van der Waals surface area contributed by atoms with E-state index in [0.717, 1.165) is 44.1 Å². The average Bonchev–Trinajstić information content (AvgIpc) is 3.16. The highest BCUT2D eigenvalue weighted by Gasteiger charge is 2.21. The van der Waals surface area contributed by atoms with Gasteiger partial charge < -0.3 is 10.3 Å². The molecule has 3 aromatic rings. The zero-order valence-electron chi connectivity index (χ0n) is 14.0. The van der Waals surface area contributed by atoms with Crippen LogP contribution in [0.4, 0.5) is 11.6 Å². The van der Waals surface area contributed by atoms with Gasteiger partial charge >= 0.3 is 0 Å². The molecular formula is C18H21N7. The van der Waals surface area contributed by atoms with Crippen LogP contribution in [0.2, 0.25) is 0 Å². The first-order chi connectivity index (χ1) is 12.4. The number of aromatic nitrogens is 5. The number of likely N-dealkylation sites (tertiary alicyclic amines) is 1. The zero-order valence-corrected chi connectivity index (χ0v) is 14.0. The summed E-state index contributed by atoms with van der Waals surface area (Å²) in [4.78, 5) is 22.6. The largest absolute Gasteiger partial charge is 0.348 e. The minimum absolute atomic E-state index is 0.568. The first-order valence-corrected chi connectivity index (χ1v) is 8.56. The highest BCUT2D eigenvalue weighted by molar-refractivity contribution is 5.51.